The van der Waals surface area contributed by atoms with Gasteiger partial charge in [0.1, 0.15) is 0 Å². The van der Waals surface area contributed by atoms with E-state index >= 15 is 0 Å². The molecule has 124 valence electrons. The highest BCUT2D eigenvalue weighted by molar-refractivity contribution is 6.35. The number of amides is 1. The van der Waals surface area contributed by atoms with Crippen molar-refractivity contribution in [3.05, 3.63) is 71.9 Å². The van der Waals surface area contributed by atoms with Crippen LogP contribution < -0.4 is 5.32 Å². The first kappa shape index (κ1) is 15.7. The molecule has 3 aromatic carbocycles. The van der Waals surface area contributed by atoms with E-state index in [0.717, 1.165) is 27.4 Å². The number of fused-ring (bicyclic) bond motifs is 2. The van der Waals surface area contributed by atoms with Crippen molar-refractivity contribution in [2.75, 3.05) is 5.32 Å². The molecule has 0 spiro atoms. The second-order valence-corrected chi connectivity index (χ2v) is 6.31. The van der Waals surface area contributed by atoms with Gasteiger partial charge in [-0.3, -0.25) is 9.48 Å². The molecule has 0 radical (unpaired) electrons. The summed E-state index contributed by atoms with van der Waals surface area (Å²) in [4.78, 5) is 12.3. The van der Waals surface area contributed by atoms with Crippen LogP contribution in [0.25, 0.3) is 21.7 Å². The van der Waals surface area contributed by atoms with E-state index in [1.54, 1.807) is 10.9 Å². The predicted octanol–water partition coefficient (Wildman–Crippen LogP) is 4.87. The molecule has 5 heteroatoms. The number of carbonyl (C=O) groups is 1. The number of nitrogens with zero attached hydrogens (tertiary/aromatic N) is 2. The van der Waals surface area contributed by atoms with Gasteiger partial charge < -0.3 is 5.32 Å². The minimum absolute atomic E-state index is 0.0408. The zero-order valence-corrected chi connectivity index (χ0v) is 14.2. The summed E-state index contributed by atoms with van der Waals surface area (Å²) in [6.45, 7) is 0.503. The largest absolute Gasteiger partial charge is 0.326 e. The summed E-state index contributed by atoms with van der Waals surface area (Å²) in [6.07, 6.45) is 2.08. The second kappa shape index (κ2) is 6.57. The Labute approximate surface area is 150 Å². The maximum atomic E-state index is 12.3. The van der Waals surface area contributed by atoms with Crippen molar-refractivity contribution in [3.63, 3.8) is 0 Å². The molecule has 0 bridgehead atoms. The van der Waals surface area contributed by atoms with Crippen molar-refractivity contribution in [1.82, 2.24) is 9.78 Å². The number of anilines is 1. The van der Waals surface area contributed by atoms with E-state index in [2.05, 4.69) is 16.5 Å². The summed E-state index contributed by atoms with van der Waals surface area (Å²) in [5.74, 6) is -0.0408. The van der Waals surface area contributed by atoms with Gasteiger partial charge >= 0.3 is 0 Å². The van der Waals surface area contributed by atoms with Crippen molar-refractivity contribution in [3.8, 4) is 0 Å². The first-order valence-electron chi connectivity index (χ1n) is 8.09. The minimum Gasteiger partial charge on any atom is -0.326 e. The topological polar surface area (TPSA) is 46.9 Å². The number of nitrogens with one attached hydrogen (secondary N) is 1. The molecular formula is C20H16ClN3O. The predicted molar refractivity (Wildman–Crippen MR) is 102 cm³/mol. The third kappa shape index (κ3) is 3.21. The van der Waals surface area contributed by atoms with Gasteiger partial charge in [-0.05, 0) is 35.0 Å². The normalized spacial score (nSPS) is 11.1. The molecule has 0 saturated carbocycles. The Hall–Kier alpha value is -2.85. The fourth-order valence-electron chi connectivity index (χ4n) is 2.94. The number of halogens is 1. The molecule has 1 N–H and O–H groups in total. The van der Waals surface area contributed by atoms with Gasteiger partial charge in [0.15, 0.2) is 0 Å². The molecule has 0 unspecified atom stereocenters. The third-order valence-electron chi connectivity index (χ3n) is 4.22. The van der Waals surface area contributed by atoms with Crippen LogP contribution in [0.2, 0.25) is 5.02 Å². The van der Waals surface area contributed by atoms with Gasteiger partial charge in [-0.2, -0.15) is 5.10 Å². The number of hydrogen-bond donors (Lipinski definition) is 1. The monoisotopic (exact) mass is 349 g/mol. The van der Waals surface area contributed by atoms with Gasteiger partial charge in [-0.1, -0.05) is 48.0 Å². The lowest BCUT2D eigenvalue weighted by Crippen LogP contribution is -2.14. The molecule has 1 heterocycles. The van der Waals surface area contributed by atoms with Gasteiger partial charge in [0.05, 0.1) is 23.3 Å². The fourth-order valence-corrected chi connectivity index (χ4v) is 3.16. The number of aryl methyl sites for hydroxylation is 1. The minimum atomic E-state index is -0.0408. The molecule has 1 amide bonds. The van der Waals surface area contributed by atoms with Crippen molar-refractivity contribution in [1.29, 1.82) is 0 Å². The molecule has 4 rings (SSSR count). The Morgan fingerprint density at radius 2 is 1.88 bits per heavy atom. The van der Waals surface area contributed by atoms with Crippen LogP contribution in [0.1, 0.15) is 6.42 Å². The molecular weight excluding hydrogens is 334 g/mol. The highest BCUT2D eigenvalue weighted by Gasteiger charge is 2.08. The lowest BCUT2D eigenvalue weighted by atomic mass is 10.1. The summed E-state index contributed by atoms with van der Waals surface area (Å²) >= 11 is 6.16. The van der Waals surface area contributed by atoms with Gasteiger partial charge in [0.2, 0.25) is 5.91 Å². The molecule has 0 aliphatic carbocycles. The quantitative estimate of drug-likeness (QED) is 0.571. The van der Waals surface area contributed by atoms with E-state index in [1.165, 1.54) is 0 Å². The van der Waals surface area contributed by atoms with E-state index in [1.807, 2.05) is 54.6 Å². The number of hydrogen-bond acceptors (Lipinski definition) is 2. The fraction of sp³-hybridized carbons (Fsp3) is 0.100. The zero-order chi connectivity index (χ0) is 17.2. The number of benzene rings is 3. The first-order valence-corrected chi connectivity index (χ1v) is 8.47. The molecule has 25 heavy (non-hydrogen) atoms. The van der Waals surface area contributed by atoms with Crippen LogP contribution in [0.5, 0.6) is 0 Å². The van der Waals surface area contributed by atoms with Crippen LogP contribution in [-0.2, 0) is 11.3 Å². The Bertz CT molecular complexity index is 1070. The summed E-state index contributed by atoms with van der Waals surface area (Å²) < 4.78 is 1.81. The smallest absolute Gasteiger partial charge is 0.226 e. The maximum Gasteiger partial charge on any atom is 0.226 e. The average molecular weight is 350 g/mol. The van der Waals surface area contributed by atoms with E-state index in [-0.39, 0.29) is 5.91 Å². The van der Waals surface area contributed by atoms with Crippen molar-refractivity contribution >= 4 is 44.9 Å². The van der Waals surface area contributed by atoms with Crippen molar-refractivity contribution < 1.29 is 4.79 Å². The molecule has 4 aromatic rings. The summed E-state index contributed by atoms with van der Waals surface area (Å²) in [5.41, 5.74) is 1.74. The lowest BCUT2D eigenvalue weighted by Gasteiger charge is -2.07. The number of rotatable bonds is 4. The van der Waals surface area contributed by atoms with E-state index in [4.69, 9.17) is 11.6 Å². The average Bonchev–Trinajstić information content (AvgIpc) is 3.04. The molecule has 0 aliphatic rings. The van der Waals surface area contributed by atoms with E-state index < -0.39 is 0 Å². The van der Waals surface area contributed by atoms with Gasteiger partial charge in [0, 0.05) is 17.5 Å². The molecule has 4 nitrogen and oxygen atoms in total. The molecule has 0 atom stereocenters. The Balaban J connectivity index is 1.45. The van der Waals surface area contributed by atoms with Gasteiger partial charge in [-0.25, -0.2) is 0 Å². The molecule has 0 fully saturated rings. The lowest BCUT2D eigenvalue weighted by molar-refractivity contribution is -0.116. The van der Waals surface area contributed by atoms with Crippen molar-refractivity contribution in [2.24, 2.45) is 0 Å². The van der Waals surface area contributed by atoms with Crippen LogP contribution in [-0.4, -0.2) is 15.7 Å². The maximum absolute atomic E-state index is 12.3. The van der Waals surface area contributed by atoms with Crippen LogP contribution >= 0.6 is 11.6 Å². The Morgan fingerprint density at radius 1 is 1.04 bits per heavy atom. The summed E-state index contributed by atoms with van der Waals surface area (Å²) in [5, 5.41) is 11.1. The standard InChI is InChI=1S/C20H16ClN3O/c21-18-6-3-7-19-17(18)13-22-24(19)11-10-20(25)23-16-9-8-14-4-1-2-5-15(14)12-16/h1-9,12-13H,10-11H2,(H,23,25). The van der Waals surface area contributed by atoms with E-state index in [0.29, 0.717) is 18.0 Å². The van der Waals surface area contributed by atoms with Crippen LogP contribution in [0, 0.1) is 0 Å². The zero-order valence-electron chi connectivity index (χ0n) is 13.4. The van der Waals surface area contributed by atoms with Crippen LogP contribution in [0.15, 0.2) is 66.9 Å². The summed E-state index contributed by atoms with van der Waals surface area (Å²) in [7, 11) is 0. The second-order valence-electron chi connectivity index (χ2n) is 5.90. The highest BCUT2D eigenvalue weighted by atomic mass is 35.5. The summed E-state index contributed by atoms with van der Waals surface area (Å²) in [6, 6.07) is 19.7. The number of aromatic nitrogens is 2. The van der Waals surface area contributed by atoms with Crippen LogP contribution in [0.4, 0.5) is 5.69 Å². The van der Waals surface area contributed by atoms with E-state index in [9.17, 15) is 4.79 Å². The molecule has 0 aliphatic heterocycles. The third-order valence-corrected chi connectivity index (χ3v) is 4.55. The van der Waals surface area contributed by atoms with Crippen molar-refractivity contribution in [2.45, 2.75) is 13.0 Å². The first-order chi connectivity index (χ1) is 12.2. The van der Waals surface area contributed by atoms with Gasteiger partial charge in [-0.15, -0.1) is 0 Å². The Kier molecular flexibility index (Phi) is 4.12. The Morgan fingerprint density at radius 3 is 2.76 bits per heavy atom. The highest BCUT2D eigenvalue weighted by Crippen LogP contribution is 2.23. The SMILES string of the molecule is O=C(CCn1ncc2c(Cl)cccc21)Nc1ccc2ccccc2c1. The molecule has 1 aromatic heterocycles. The number of carbonyl (C=O) groups excluding carboxylic acids is 1. The van der Waals surface area contributed by atoms with Gasteiger partial charge in [0.25, 0.3) is 0 Å². The van der Waals surface area contributed by atoms with Crippen LogP contribution in [0.3, 0.4) is 0 Å². The molecule has 0 saturated heterocycles.